The van der Waals surface area contributed by atoms with Crippen LogP contribution in [0.1, 0.15) is 67.2 Å². The molecule has 0 spiro atoms. The van der Waals surface area contributed by atoms with Gasteiger partial charge in [-0.15, -0.1) is 0 Å². The van der Waals surface area contributed by atoms with Gasteiger partial charge in [0.15, 0.2) is 0 Å². The summed E-state index contributed by atoms with van der Waals surface area (Å²) in [5, 5.41) is 13.4. The largest absolute Gasteiger partial charge is 0.492 e. The van der Waals surface area contributed by atoms with Crippen LogP contribution in [0.3, 0.4) is 0 Å². The van der Waals surface area contributed by atoms with Crippen LogP contribution in [-0.2, 0) is 33.8 Å². The number of benzene rings is 3. The number of aliphatic hydroxyl groups excluding tert-OH is 1. The first kappa shape index (κ1) is 36.7. The van der Waals surface area contributed by atoms with E-state index in [9.17, 15) is 23.9 Å². The Labute approximate surface area is 307 Å². The van der Waals surface area contributed by atoms with Gasteiger partial charge >= 0.3 is 0 Å². The lowest BCUT2D eigenvalue weighted by molar-refractivity contribution is -0.134. The Hall–Kier alpha value is -4.06. The molecule has 3 amide bonds. The van der Waals surface area contributed by atoms with Gasteiger partial charge in [0.1, 0.15) is 11.6 Å². The predicted octanol–water partition coefficient (Wildman–Crippen LogP) is 5.31. The van der Waals surface area contributed by atoms with E-state index in [2.05, 4.69) is 45.5 Å². The molecule has 51 heavy (non-hydrogen) atoms. The minimum atomic E-state index is -0.419. The molecule has 3 aliphatic rings. The summed E-state index contributed by atoms with van der Waals surface area (Å²) in [5.74, 6) is -0.330. The molecule has 11 heteroatoms. The molecular weight excluding hydrogens is 715 g/mol. The predicted molar refractivity (Wildman–Crippen MR) is 197 cm³/mol. The van der Waals surface area contributed by atoms with E-state index in [-0.39, 0.29) is 55.2 Å². The number of ether oxygens (including phenoxy) is 1. The number of fused-ring (bicyclic) bond motifs is 2. The molecule has 270 valence electrons. The van der Waals surface area contributed by atoms with Gasteiger partial charge in [-0.05, 0) is 101 Å². The van der Waals surface area contributed by atoms with Gasteiger partial charge in [0.2, 0.25) is 11.8 Å². The highest BCUT2D eigenvalue weighted by molar-refractivity contribution is 9.10. The molecule has 0 unspecified atom stereocenters. The van der Waals surface area contributed by atoms with Crippen LogP contribution < -0.4 is 15.8 Å². The zero-order valence-electron chi connectivity index (χ0n) is 28.8. The number of carbonyl (C=O) groups excluding carboxylic acids is 3. The Morgan fingerprint density at radius 1 is 0.980 bits per heavy atom. The summed E-state index contributed by atoms with van der Waals surface area (Å²) in [4.78, 5) is 43.2. The van der Waals surface area contributed by atoms with Crippen LogP contribution in [0.15, 0.2) is 76.8 Å². The highest BCUT2D eigenvalue weighted by atomic mass is 79.9. The van der Waals surface area contributed by atoms with Gasteiger partial charge in [-0.2, -0.15) is 0 Å². The number of primary amides is 1. The first-order chi connectivity index (χ1) is 24.7. The lowest BCUT2D eigenvalue weighted by atomic mass is 9.82. The van der Waals surface area contributed by atoms with Crippen LogP contribution >= 0.6 is 15.9 Å². The van der Waals surface area contributed by atoms with Crippen molar-refractivity contribution in [3.63, 3.8) is 0 Å². The highest BCUT2D eigenvalue weighted by Gasteiger charge is 2.43. The summed E-state index contributed by atoms with van der Waals surface area (Å²) >= 11 is 3.41. The number of hydrogen-bond donors (Lipinski definition) is 3. The second-order valence-corrected chi connectivity index (χ2v) is 14.6. The Balaban J connectivity index is 1.24. The zero-order chi connectivity index (χ0) is 35.9. The number of aryl methyl sites for hydroxylation is 1. The fraction of sp³-hybridized carbons (Fsp3) is 0.425. The van der Waals surface area contributed by atoms with Crippen molar-refractivity contribution >= 4 is 39.2 Å². The van der Waals surface area contributed by atoms with Gasteiger partial charge in [0.25, 0.3) is 5.91 Å². The van der Waals surface area contributed by atoms with Crippen LogP contribution in [0.5, 0.6) is 5.75 Å². The summed E-state index contributed by atoms with van der Waals surface area (Å²) in [6, 6.07) is 20.5. The number of nitrogens with zero attached hydrogens (tertiary/aromatic N) is 2. The number of aliphatic hydroxyl groups is 1. The van der Waals surface area contributed by atoms with Gasteiger partial charge in [-0.25, -0.2) is 4.39 Å². The number of hydrogen-bond acceptors (Lipinski definition) is 6. The second kappa shape index (κ2) is 17.0. The fourth-order valence-electron chi connectivity index (χ4n) is 7.23. The number of nitrogens with two attached hydrogens (primary N) is 1. The monoisotopic (exact) mass is 760 g/mol. The molecular formula is C40H46BrFN4O5. The van der Waals surface area contributed by atoms with Crippen LogP contribution in [-0.4, -0.2) is 77.1 Å². The van der Waals surface area contributed by atoms with Gasteiger partial charge in [-0.1, -0.05) is 48.5 Å². The first-order valence-electron chi connectivity index (χ1n) is 17.9. The molecule has 2 heterocycles. The topological polar surface area (TPSA) is 125 Å². The van der Waals surface area contributed by atoms with E-state index < -0.39 is 5.91 Å². The summed E-state index contributed by atoms with van der Waals surface area (Å²) in [6.45, 7) is 1.83. The standard InChI is InChI=1S/C40H46BrFN4O5/c41-34-17-14-30(42)21-36(34)51-20-4-5-26-10-12-28(13-11-26)33-22-31-24-45(38(49)9-3-8-37(43)48)25-35(44-31)39(33)40(50)46(32-15-16-32)23-29-7-2-1-6-27(29)18-19-47/h1-2,6-7,10-14,17,21,31-32,35,44,47H,3-5,8-9,15-16,18-20,22-25H2,(H2,43,48)/t31-,35-/m1/s1. The number of nitrogens with one attached hydrogen (secondary N) is 1. The van der Waals surface area contributed by atoms with Crippen LogP contribution in [0.2, 0.25) is 0 Å². The van der Waals surface area contributed by atoms with Gasteiger partial charge < -0.3 is 30.7 Å². The maximum Gasteiger partial charge on any atom is 0.252 e. The summed E-state index contributed by atoms with van der Waals surface area (Å²) in [6.07, 6.45) is 5.34. The molecule has 1 saturated heterocycles. The lowest BCUT2D eigenvalue weighted by Crippen LogP contribution is -2.62. The van der Waals surface area contributed by atoms with Crippen molar-refractivity contribution < 1.29 is 28.6 Å². The van der Waals surface area contributed by atoms with E-state index in [1.54, 1.807) is 6.07 Å². The van der Waals surface area contributed by atoms with E-state index >= 15 is 0 Å². The van der Waals surface area contributed by atoms with Crippen LogP contribution in [0.4, 0.5) is 4.39 Å². The highest BCUT2D eigenvalue weighted by Crippen LogP contribution is 2.38. The average molecular weight is 762 g/mol. The maximum atomic E-state index is 14.8. The zero-order valence-corrected chi connectivity index (χ0v) is 30.4. The molecule has 3 aromatic carbocycles. The van der Waals surface area contributed by atoms with E-state index in [4.69, 9.17) is 10.5 Å². The van der Waals surface area contributed by atoms with Crippen molar-refractivity contribution in [3.8, 4) is 5.75 Å². The normalized spacial score (nSPS) is 18.5. The van der Waals surface area contributed by atoms with Crippen molar-refractivity contribution in [3.05, 3.63) is 105 Å². The fourth-order valence-corrected chi connectivity index (χ4v) is 7.59. The third kappa shape index (κ3) is 9.44. The van der Waals surface area contributed by atoms with E-state index in [1.807, 2.05) is 34.1 Å². The van der Waals surface area contributed by atoms with Crippen molar-refractivity contribution in [2.75, 3.05) is 26.3 Å². The molecule has 2 atom stereocenters. The molecule has 2 fully saturated rings. The van der Waals surface area contributed by atoms with Crippen molar-refractivity contribution in [1.29, 1.82) is 0 Å². The molecule has 4 N–H and O–H groups in total. The third-order valence-electron chi connectivity index (χ3n) is 9.95. The lowest BCUT2D eigenvalue weighted by Gasteiger charge is -2.45. The molecule has 2 bridgehead atoms. The quantitative estimate of drug-likeness (QED) is 0.170. The molecule has 1 saturated carbocycles. The van der Waals surface area contributed by atoms with Crippen LogP contribution in [0.25, 0.3) is 5.57 Å². The molecule has 9 nitrogen and oxygen atoms in total. The smallest absolute Gasteiger partial charge is 0.252 e. The number of rotatable bonds is 16. The van der Waals surface area contributed by atoms with Gasteiger partial charge in [0, 0.05) is 62.8 Å². The van der Waals surface area contributed by atoms with Crippen molar-refractivity contribution in [2.24, 2.45) is 5.73 Å². The Kier molecular flexibility index (Phi) is 12.2. The average Bonchev–Trinajstić information content (AvgIpc) is 3.96. The third-order valence-corrected chi connectivity index (χ3v) is 10.6. The molecule has 2 aliphatic heterocycles. The molecule has 3 aromatic rings. The second-order valence-electron chi connectivity index (χ2n) is 13.8. The number of piperazine rings is 1. The minimum absolute atomic E-state index is 0.0185. The van der Waals surface area contributed by atoms with Crippen molar-refractivity contribution in [2.45, 2.75) is 82.5 Å². The van der Waals surface area contributed by atoms with Gasteiger partial charge in [0.05, 0.1) is 17.1 Å². The number of halogens is 2. The minimum Gasteiger partial charge on any atom is -0.492 e. The number of amides is 3. The Morgan fingerprint density at radius 3 is 2.47 bits per heavy atom. The van der Waals surface area contributed by atoms with Gasteiger partial charge in [-0.3, -0.25) is 14.4 Å². The molecule has 6 rings (SSSR count). The Morgan fingerprint density at radius 2 is 1.75 bits per heavy atom. The molecule has 0 aromatic heterocycles. The summed E-state index contributed by atoms with van der Waals surface area (Å²) in [5.41, 5.74) is 11.2. The first-order valence-corrected chi connectivity index (χ1v) is 18.7. The molecule has 0 radical (unpaired) electrons. The van der Waals surface area contributed by atoms with Crippen molar-refractivity contribution in [1.82, 2.24) is 15.1 Å². The Bertz CT molecular complexity index is 1760. The van der Waals surface area contributed by atoms with E-state index in [1.165, 1.54) is 12.1 Å². The van der Waals surface area contributed by atoms with E-state index in [0.29, 0.717) is 61.3 Å². The SMILES string of the molecule is NC(=O)CCCC(=O)N1C[C@H]2CC(c3ccc(CCCOc4cc(F)ccc4Br)cc3)=C(C(=O)N(Cc3ccccc3CCO)C3CC3)[C@@H](C1)N2. The summed E-state index contributed by atoms with van der Waals surface area (Å²) < 4.78 is 20.2. The van der Waals surface area contributed by atoms with Crippen LogP contribution in [0, 0.1) is 5.82 Å². The van der Waals surface area contributed by atoms with E-state index in [0.717, 1.165) is 53.5 Å². The number of carbonyl (C=O) groups is 3. The maximum absolute atomic E-state index is 14.8. The molecule has 1 aliphatic carbocycles. The summed E-state index contributed by atoms with van der Waals surface area (Å²) in [7, 11) is 0.